The quantitative estimate of drug-likeness (QED) is 0.728. The number of hydrogen-bond donors (Lipinski definition) is 2. The van der Waals surface area contributed by atoms with E-state index >= 15 is 0 Å². The van der Waals surface area contributed by atoms with Crippen LogP contribution in [0.1, 0.15) is 10.7 Å². The van der Waals surface area contributed by atoms with E-state index in [4.69, 9.17) is 0 Å². The standard InChI is InChI=1S/C11H16BrN5O2S2/c1-13-6-8-5-9(11(12)20-8)21(18,19)15-4-3-10-16-14-7-17(10)2/h5,7,13,15H,3-4,6H2,1-2H3. The molecule has 0 atom stereocenters. The van der Waals surface area contributed by atoms with E-state index in [0.29, 0.717) is 16.8 Å². The highest BCUT2D eigenvalue weighted by Gasteiger charge is 2.20. The van der Waals surface area contributed by atoms with Crippen LogP contribution in [0.4, 0.5) is 0 Å². The summed E-state index contributed by atoms with van der Waals surface area (Å²) < 4.78 is 29.5. The van der Waals surface area contributed by atoms with Gasteiger partial charge in [-0.25, -0.2) is 13.1 Å². The lowest BCUT2D eigenvalue weighted by Crippen LogP contribution is -2.26. The van der Waals surface area contributed by atoms with Crippen molar-refractivity contribution in [1.82, 2.24) is 24.8 Å². The van der Waals surface area contributed by atoms with Gasteiger partial charge >= 0.3 is 0 Å². The highest BCUT2D eigenvalue weighted by atomic mass is 79.9. The minimum absolute atomic E-state index is 0.274. The molecule has 2 rings (SSSR count). The summed E-state index contributed by atoms with van der Waals surface area (Å²) in [4.78, 5) is 1.23. The van der Waals surface area contributed by atoms with Crippen molar-refractivity contribution in [2.24, 2.45) is 7.05 Å². The fourth-order valence-electron chi connectivity index (χ4n) is 1.75. The number of hydrogen-bond acceptors (Lipinski definition) is 6. The summed E-state index contributed by atoms with van der Waals surface area (Å²) in [5.41, 5.74) is 0. The maximum absolute atomic E-state index is 12.3. The molecule has 0 spiro atoms. The molecule has 0 fully saturated rings. The second kappa shape index (κ2) is 6.97. The average molecular weight is 394 g/mol. The minimum atomic E-state index is -3.53. The van der Waals surface area contributed by atoms with Gasteiger partial charge in [0.2, 0.25) is 10.0 Å². The van der Waals surface area contributed by atoms with Gasteiger partial charge in [0.15, 0.2) is 0 Å². The van der Waals surface area contributed by atoms with Gasteiger partial charge in [0.05, 0.1) is 3.79 Å². The molecule has 0 aromatic carbocycles. The van der Waals surface area contributed by atoms with Gasteiger partial charge in [0, 0.05) is 31.4 Å². The zero-order valence-electron chi connectivity index (χ0n) is 11.6. The van der Waals surface area contributed by atoms with Gasteiger partial charge in [-0.05, 0) is 29.0 Å². The lowest BCUT2D eigenvalue weighted by Gasteiger charge is -2.05. The lowest BCUT2D eigenvalue weighted by molar-refractivity contribution is 0.580. The Bertz CT molecular complexity index is 710. The Morgan fingerprint density at radius 3 is 2.86 bits per heavy atom. The molecular weight excluding hydrogens is 378 g/mol. The van der Waals surface area contributed by atoms with Crippen molar-refractivity contribution in [2.45, 2.75) is 17.9 Å². The monoisotopic (exact) mass is 393 g/mol. The molecule has 0 saturated heterocycles. The van der Waals surface area contributed by atoms with E-state index in [-0.39, 0.29) is 11.4 Å². The Morgan fingerprint density at radius 2 is 2.24 bits per heavy atom. The first kappa shape index (κ1) is 16.6. The van der Waals surface area contributed by atoms with Crippen LogP contribution in [0.25, 0.3) is 0 Å². The number of nitrogens with zero attached hydrogens (tertiary/aromatic N) is 3. The fraction of sp³-hybridized carbons (Fsp3) is 0.455. The molecule has 0 bridgehead atoms. The van der Waals surface area contributed by atoms with Crippen molar-refractivity contribution >= 4 is 37.3 Å². The smallest absolute Gasteiger partial charge is 0.242 e. The number of rotatable bonds is 7. The van der Waals surface area contributed by atoms with Gasteiger partial charge in [-0.1, -0.05) is 0 Å². The van der Waals surface area contributed by atoms with Gasteiger partial charge in [-0.3, -0.25) is 0 Å². The Labute approximate surface area is 136 Å². The molecule has 10 heteroatoms. The Morgan fingerprint density at radius 1 is 1.48 bits per heavy atom. The summed E-state index contributed by atoms with van der Waals surface area (Å²) in [6.07, 6.45) is 2.07. The third-order valence-corrected chi connectivity index (χ3v) is 6.51. The number of nitrogens with one attached hydrogen (secondary N) is 2. The number of halogens is 1. The van der Waals surface area contributed by atoms with Crippen molar-refractivity contribution < 1.29 is 8.42 Å². The first-order chi connectivity index (χ1) is 9.94. The number of thiophene rings is 1. The Balaban J connectivity index is 2.03. The molecule has 2 aromatic heterocycles. The van der Waals surface area contributed by atoms with Gasteiger partial charge in [-0.15, -0.1) is 21.5 Å². The lowest BCUT2D eigenvalue weighted by atomic mass is 10.4. The first-order valence-electron chi connectivity index (χ1n) is 6.19. The van der Waals surface area contributed by atoms with Crippen LogP contribution >= 0.6 is 27.3 Å². The molecule has 0 amide bonds. The molecule has 2 aromatic rings. The zero-order chi connectivity index (χ0) is 15.5. The molecule has 0 saturated carbocycles. The maximum atomic E-state index is 12.3. The van der Waals surface area contributed by atoms with Crippen LogP contribution in [0.2, 0.25) is 0 Å². The molecule has 0 aliphatic rings. The van der Waals surface area contributed by atoms with Gasteiger partial charge in [-0.2, -0.15) is 0 Å². The summed E-state index contributed by atoms with van der Waals surface area (Å²) in [6, 6.07) is 1.68. The maximum Gasteiger partial charge on any atom is 0.242 e. The van der Waals surface area contributed by atoms with Crippen molar-refractivity contribution in [3.05, 3.63) is 26.9 Å². The van der Waals surface area contributed by atoms with E-state index < -0.39 is 10.0 Å². The van der Waals surface area contributed by atoms with Crippen LogP contribution in [-0.2, 0) is 30.0 Å². The van der Waals surface area contributed by atoms with Crippen LogP contribution in [0.5, 0.6) is 0 Å². The molecule has 116 valence electrons. The number of aromatic nitrogens is 3. The van der Waals surface area contributed by atoms with E-state index in [9.17, 15) is 8.42 Å². The second-order valence-electron chi connectivity index (χ2n) is 4.39. The van der Waals surface area contributed by atoms with Crippen LogP contribution in [-0.4, -0.2) is 36.8 Å². The molecule has 2 heterocycles. The van der Waals surface area contributed by atoms with E-state index in [1.807, 2.05) is 14.1 Å². The molecule has 0 aliphatic carbocycles. The normalized spacial score (nSPS) is 12.0. The van der Waals surface area contributed by atoms with Gasteiger partial charge < -0.3 is 9.88 Å². The molecule has 7 nitrogen and oxygen atoms in total. The van der Waals surface area contributed by atoms with Crippen molar-refractivity contribution in [2.75, 3.05) is 13.6 Å². The largest absolute Gasteiger partial charge is 0.321 e. The van der Waals surface area contributed by atoms with Crippen LogP contribution in [0.15, 0.2) is 21.1 Å². The highest BCUT2D eigenvalue weighted by Crippen LogP contribution is 2.31. The first-order valence-corrected chi connectivity index (χ1v) is 9.28. The van der Waals surface area contributed by atoms with Crippen LogP contribution in [0.3, 0.4) is 0 Å². The average Bonchev–Trinajstić information content (AvgIpc) is 2.97. The van der Waals surface area contributed by atoms with Crippen molar-refractivity contribution in [3.8, 4) is 0 Å². The number of aryl methyl sites for hydroxylation is 1. The predicted molar refractivity (Wildman–Crippen MR) is 84.7 cm³/mol. The molecular formula is C11H16BrN5O2S2. The summed E-state index contributed by atoms with van der Waals surface area (Å²) in [7, 11) is 0.117. The molecule has 2 N–H and O–H groups in total. The summed E-state index contributed by atoms with van der Waals surface area (Å²) >= 11 is 4.72. The van der Waals surface area contributed by atoms with E-state index in [1.165, 1.54) is 11.3 Å². The summed E-state index contributed by atoms with van der Waals surface area (Å²) in [5, 5.41) is 10.7. The minimum Gasteiger partial charge on any atom is -0.321 e. The predicted octanol–water partition coefficient (Wildman–Crippen LogP) is 0.879. The SMILES string of the molecule is CNCc1cc(S(=O)(=O)NCCc2nncn2C)c(Br)s1. The molecule has 0 aliphatic heterocycles. The molecule has 0 radical (unpaired) electrons. The number of sulfonamides is 1. The topological polar surface area (TPSA) is 88.9 Å². The van der Waals surface area contributed by atoms with Crippen LogP contribution in [0, 0.1) is 0 Å². The highest BCUT2D eigenvalue weighted by molar-refractivity contribution is 9.11. The Kier molecular flexibility index (Phi) is 5.49. The summed E-state index contributed by atoms with van der Waals surface area (Å²) in [5.74, 6) is 0.734. The van der Waals surface area contributed by atoms with Gasteiger partial charge in [0.1, 0.15) is 17.0 Å². The molecule has 21 heavy (non-hydrogen) atoms. The van der Waals surface area contributed by atoms with E-state index in [2.05, 4.69) is 36.2 Å². The van der Waals surface area contributed by atoms with Crippen LogP contribution < -0.4 is 10.0 Å². The summed E-state index contributed by atoms with van der Waals surface area (Å²) in [6.45, 7) is 0.913. The third kappa shape index (κ3) is 4.10. The van der Waals surface area contributed by atoms with E-state index in [1.54, 1.807) is 17.0 Å². The molecule has 0 unspecified atom stereocenters. The van der Waals surface area contributed by atoms with Crippen molar-refractivity contribution in [1.29, 1.82) is 0 Å². The second-order valence-corrected chi connectivity index (χ2v) is 8.58. The zero-order valence-corrected chi connectivity index (χ0v) is 14.8. The fourth-order valence-corrected chi connectivity index (χ4v) is 5.47. The van der Waals surface area contributed by atoms with Crippen molar-refractivity contribution in [3.63, 3.8) is 0 Å². The van der Waals surface area contributed by atoms with Gasteiger partial charge in [0.25, 0.3) is 0 Å². The third-order valence-electron chi connectivity index (χ3n) is 2.79. The Hall–Kier alpha value is -0.810. The van der Waals surface area contributed by atoms with E-state index in [0.717, 1.165) is 10.7 Å².